The van der Waals surface area contributed by atoms with Crippen LogP contribution in [0.1, 0.15) is 72.1 Å². The van der Waals surface area contributed by atoms with Gasteiger partial charge in [-0.05, 0) is 56.6 Å². The van der Waals surface area contributed by atoms with Crippen molar-refractivity contribution in [3.05, 3.63) is 23.9 Å². The molecule has 0 bridgehead atoms. The summed E-state index contributed by atoms with van der Waals surface area (Å²) in [7, 11) is -3.89. The van der Waals surface area contributed by atoms with Crippen molar-refractivity contribution in [3.8, 4) is 5.88 Å². The zero-order chi connectivity index (χ0) is 35.0. The predicted molar refractivity (Wildman–Crippen MR) is 178 cm³/mol. The lowest BCUT2D eigenvalue weighted by molar-refractivity contribution is -0.143. The Hall–Kier alpha value is -3.11. The third kappa shape index (κ3) is 8.19. The molecule has 4 aliphatic rings. The number of likely N-dealkylation sites (tertiary alicyclic amines) is 1. The zero-order valence-corrected chi connectivity index (χ0v) is 29.9. The number of carbonyl (C=O) groups is 4. The predicted octanol–water partition coefficient (Wildman–Crippen LogP) is 2.95. The van der Waals surface area contributed by atoms with E-state index >= 15 is 0 Å². The summed E-state index contributed by atoms with van der Waals surface area (Å²) < 4.78 is 39.0. The Morgan fingerprint density at radius 1 is 1.15 bits per heavy atom. The van der Waals surface area contributed by atoms with Gasteiger partial charge in [-0.25, -0.2) is 18.2 Å². The number of carbonyl (C=O) groups excluding carboxylic acids is 4. The van der Waals surface area contributed by atoms with Crippen LogP contribution in [0.4, 0.5) is 4.79 Å². The first-order chi connectivity index (χ1) is 22.6. The molecule has 1 aliphatic heterocycles. The first-order valence-corrected chi connectivity index (χ1v) is 19.2. The second kappa shape index (κ2) is 14.0. The molecule has 0 radical (unpaired) electrons. The molecule has 0 aromatic carbocycles. The van der Waals surface area contributed by atoms with Crippen molar-refractivity contribution < 1.29 is 37.1 Å². The largest absolute Gasteiger partial charge is 0.472 e. The van der Waals surface area contributed by atoms with Gasteiger partial charge >= 0.3 is 6.09 Å². The lowest BCUT2D eigenvalue weighted by atomic mass is 9.85. The Morgan fingerprint density at radius 3 is 2.42 bits per heavy atom. The molecule has 17 heteroatoms. The molecule has 4 fully saturated rings. The van der Waals surface area contributed by atoms with E-state index in [9.17, 15) is 27.6 Å². The number of halogens is 1. The number of sulfonamides is 1. The van der Waals surface area contributed by atoms with Crippen molar-refractivity contribution in [2.24, 2.45) is 11.3 Å². The first kappa shape index (κ1) is 36.2. The molecule has 0 unspecified atom stereocenters. The average molecular weight is 727 g/mol. The van der Waals surface area contributed by atoms with E-state index in [1.54, 1.807) is 27.0 Å². The summed E-state index contributed by atoms with van der Waals surface area (Å²) in [5.74, 6) is -2.44. The maximum absolute atomic E-state index is 14.3. The molecule has 0 spiro atoms. The molecule has 5 atom stereocenters. The van der Waals surface area contributed by atoms with Gasteiger partial charge in [0.25, 0.3) is 5.91 Å². The average Bonchev–Trinajstić information content (AvgIpc) is 3.89. The summed E-state index contributed by atoms with van der Waals surface area (Å²) in [6.45, 7) is 9.05. The van der Waals surface area contributed by atoms with Gasteiger partial charge < -0.3 is 25.0 Å². The molecule has 264 valence electrons. The van der Waals surface area contributed by atoms with Crippen LogP contribution < -0.4 is 20.1 Å². The molecule has 1 aromatic rings. The zero-order valence-electron chi connectivity index (χ0n) is 27.5. The van der Waals surface area contributed by atoms with Crippen LogP contribution in [0.2, 0.25) is 5.15 Å². The summed E-state index contributed by atoms with van der Waals surface area (Å²) in [5.41, 5.74) is -2.34. The highest BCUT2D eigenvalue weighted by Crippen LogP contribution is 2.45. The van der Waals surface area contributed by atoms with E-state index in [1.165, 1.54) is 28.8 Å². The quantitative estimate of drug-likeness (QED) is 0.124. The van der Waals surface area contributed by atoms with E-state index in [0.717, 1.165) is 25.7 Å². The van der Waals surface area contributed by atoms with Gasteiger partial charge in [-0.2, -0.15) is 4.98 Å². The van der Waals surface area contributed by atoms with Crippen LogP contribution in [0, 0.1) is 11.3 Å². The molecule has 2 heterocycles. The van der Waals surface area contributed by atoms with Crippen molar-refractivity contribution >= 4 is 57.2 Å². The lowest BCUT2D eigenvalue weighted by Crippen LogP contribution is -2.60. The number of aromatic nitrogens is 2. The van der Waals surface area contributed by atoms with E-state index in [-0.39, 0.29) is 36.5 Å². The number of hydrogen-bond donors (Lipinski definition) is 3. The van der Waals surface area contributed by atoms with Gasteiger partial charge in [0.15, 0.2) is 5.16 Å². The van der Waals surface area contributed by atoms with Crippen LogP contribution in [-0.2, 0) is 29.1 Å². The van der Waals surface area contributed by atoms with Crippen molar-refractivity contribution in [1.82, 2.24) is 30.2 Å². The molecule has 48 heavy (non-hydrogen) atoms. The summed E-state index contributed by atoms with van der Waals surface area (Å²) in [6.07, 6.45) is 6.09. The van der Waals surface area contributed by atoms with Gasteiger partial charge in [0.05, 0.1) is 11.8 Å². The van der Waals surface area contributed by atoms with Gasteiger partial charge in [0.2, 0.25) is 27.7 Å². The lowest BCUT2D eigenvalue weighted by Gasteiger charge is -2.35. The maximum Gasteiger partial charge on any atom is 0.408 e. The maximum atomic E-state index is 14.3. The Bertz CT molecular complexity index is 1560. The smallest absolute Gasteiger partial charge is 0.408 e. The van der Waals surface area contributed by atoms with Crippen molar-refractivity contribution in [3.63, 3.8) is 0 Å². The fraction of sp³-hybridized carbons (Fsp3) is 0.677. The fourth-order valence-corrected chi connectivity index (χ4v) is 8.18. The third-order valence-electron chi connectivity index (χ3n) is 9.17. The van der Waals surface area contributed by atoms with Crippen LogP contribution in [0.5, 0.6) is 5.88 Å². The van der Waals surface area contributed by atoms with E-state index in [1.807, 2.05) is 0 Å². The van der Waals surface area contributed by atoms with Gasteiger partial charge in [0.1, 0.15) is 35.0 Å². The molecule has 3 aliphatic carbocycles. The van der Waals surface area contributed by atoms with Crippen LogP contribution >= 0.6 is 23.4 Å². The minimum absolute atomic E-state index is 0.00794. The van der Waals surface area contributed by atoms with Crippen LogP contribution in [0.3, 0.4) is 0 Å². The SMILES string of the molecule is C=C[C@@H]1C[C@]1(NC(=O)[C@@H]1C[C@@H](Oc2cc(Cl)nc(SC)n2)CN1C(=O)[C@@H](NC(=O)OC1CCCC1)C(C)(C)C)C(=O)NS(=O)(=O)C1CC1. The number of ether oxygens (including phenoxy) is 2. The summed E-state index contributed by atoms with van der Waals surface area (Å²) in [5, 5.41) is 5.38. The molecule has 1 saturated heterocycles. The van der Waals surface area contributed by atoms with Gasteiger partial charge in [-0.15, -0.1) is 6.58 Å². The number of rotatable bonds is 12. The minimum atomic E-state index is -3.89. The Morgan fingerprint density at radius 2 is 1.83 bits per heavy atom. The van der Waals surface area contributed by atoms with Crippen LogP contribution in [0.15, 0.2) is 23.9 Å². The monoisotopic (exact) mass is 726 g/mol. The molecule has 3 N–H and O–H groups in total. The second-order valence-electron chi connectivity index (χ2n) is 13.9. The molecule has 14 nitrogen and oxygen atoms in total. The molecular weight excluding hydrogens is 684 g/mol. The molecule has 4 amide bonds. The highest BCUT2D eigenvalue weighted by atomic mass is 35.5. The van der Waals surface area contributed by atoms with Gasteiger partial charge in [-0.1, -0.05) is 50.2 Å². The van der Waals surface area contributed by atoms with Gasteiger partial charge in [-0.3, -0.25) is 19.1 Å². The standard InChI is InChI=1S/C31H43ClN6O8S2/c1-6-17-15-31(17,27(41)37-48(43,44)20-11-12-20)36-25(39)21-13-19(45-23-14-22(32)33-28(34-23)47-5)16-38(21)26(40)24(30(2,3)4)35-29(42)46-18-9-7-8-10-18/h6,14,17-21,24H,1,7-13,15-16H2,2-5H3,(H,35,42)(H,36,39)(H,37,41)/t17-,19-,21+,24-,31-/m1/s1. The fourth-order valence-electron chi connectivity index (χ4n) is 6.22. The van der Waals surface area contributed by atoms with Crippen molar-refractivity contribution in [1.29, 1.82) is 0 Å². The number of nitrogens with one attached hydrogen (secondary N) is 3. The molecule has 3 saturated carbocycles. The van der Waals surface area contributed by atoms with Gasteiger partial charge in [0, 0.05) is 18.4 Å². The topological polar surface area (TPSA) is 186 Å². The highest BCUT2D eigenvalue weighted by Gasteiger charge is 2.62. The van der Waals surface area contributed by atoms with E-state index in [4.69, 9.17) is 21.1 Å². The number of hydrogen-bond acceptors (Lipinski definition) is 11. The van der Waals surface area contributed by atoms with Crippen molar-refractivity contribution in [2.75, 3.05) is 12.8 Å². The third-order valence-corrected chi connectivity index (χ3v) is 11.7. The second-order valence-corrected chi connectivity index (χ2v) is 17.1. The number of nitrogens with zero attached hydrogens (tertiary/aromatic N) is 3. The Kier molecular flexibility index (Phi) is 10.6. The van der Waals surface area contributed by atoms with E-state index in [2.05, 4.69) is 31.9 Å². The molecular formula is C31H43ClN6O8S2. The first-order valence-electron chi connectivity index (χ1n) is 16.1. The van der Waals surface area contributed by atoms with Crippen LogP contribution in [-0.4, -0.2) is 95.0 Å². The number of amides is 4. The summed E-state index contributed by atoms with van der Waals surface area (Å²) in [4.78, 5) is 64.5. The van der Waals surface area contributed by atoms with E-state index < -0.39 is 74.1 Å². The number of alkyl carbamates (subject to hydrolysis) is 1. The summed E-state index contributed by atoms with van der Waals surface area (Å²) >= 11 is 7.43. The summed E-state index contributed by atoms with van der Waals surface area (Å²) in [6, 6.07) is -0.800. The normalized spacial score (nSPS) is 26.4. The number of thioether (sulfide) groups is 1. The molecule has 1 aromatic heterocycles. The molecule has 5 rings (SSSR count). The van der Waals surface area contributed by atoms with E-state index in [0.29, 0.717) is 18.0 Å². The van der Waals surface area contributed by atoms with Crippen LogP contribution in [0.25, 0.3) is 0 Å². The Labute approximate surface area is 289 Å². The minimum Gasteiger partial charge on any atom is -0.472 e. The van der Waals surface area contributed by atoms with Crippen molar-refractivity contribution in [2.45, 2.75) is 112 Å². The highest BCUT2D eigenvalue weighted by molar-refractivity contribution is 7.98. The Balaban J connectivity index is 1.39.